The van der Waals surface area contributed by atoms with Crippen molar-refractivity contribution in [3.8, 4) is 11.5 Å². The molecule has 0 bridgehead atoms. The predicted molar refractivity (Wildman–Crippen MR) is 109 cm³/mol. The molecule has 1 saturated heterocycles. The number of aromatic nitrogens is 2. The smallest absolute Gasteiger partial charge is 0.321 e. The van der Waals surface area contributed by atoms with E-state index in [0.29, 0.717) is 23.7 Å². The van der Waals surface area contributed by atoms with Crippen molar-refractivity contribution in [2.24, 2.45) is 0 Å². The number of piperidine rings is 1. The molecular formula is C21H30N4O3. The molecule has 0 aliphatic carbocycles. The number of ether oxygens (including phenoxy) is 2. The van der Waals surface area contributed by atoms with Crippen molar-refractivity contribution in [2.75, 3.05) is 32.6 Å². The summed E-state index contributed by atoms with van der Waals surface area (Å²) in [4.78, 5) is 19.3. The molecule has 1 N–H and O–H groups in total. The van der Waals surface area contributed by atoms with E-state index >= 15 is 0 Å². The second-order valence-electron chi connectivity index (χ2n) is 7.11. The SMILES string of the molecule is CCCCn1ccnc1[C@@H]1CCCN(C(=O)Nc2ccc(OC)cc2OC)C1. The molecule has 1 fully saturated rings. The first-order valence-corrected chi connectivity index (χ1v) is 9.95. The summed E-state index contributed by atoms with van der Waals surface area (Å²) in [5, 5.41) is 2.98. The Kier molecular flexibility index (Phi) is 6.79. The number of benzene rings is 1. The van der Waals surface area contributed by atoms with Crippen LogP contribution in [0.25, 0.3) is 0 Å². The van der Waals surface area contributed by atoms with Gasteiger partial charge in [0, 0.05) is 44.0 Å². The van der Waals surface area contributed by atoms with Crippen LogP contribution in [0.2, 0.25) is 0 Å². The van der Waals surface area contributed by atoms with Crippen molar-refractivity contribution in [3.63, 3.8) is 0 Å². The average molecular weight is 386 g/mol. The summed E-state index contributed by atoms with van der Waals surface area (Å²) in [6, 6.07) is 5.26. The van der Waals surface area contributed by atoms with Crippen LogP contribution in [-0.4, -0.2) is 47.8 Å². The van der Waals surface area contributed by atoms with Crippen molar-refractivity contribution in [1.82, 2.24) is 14.5 Å². The number of hydrogen-bond donors (Lipinski definition) is 1. The largest absolute Gasteiger partial charge is 0.497 e. The minimum Gasteiger partial charge on any atom is -0.497 e. The van der Waals surface area contributed by atoms with Gasteiger partial charge < -0.3 is 24.3 Å². The summed E-state index contributed by atoms with van der Waals surface area (Å²) in [6.45, 7) is 4.60. The Balaban J connectivity index is 1.67. The van der Waals surface area contributed by atoms with E-state index in [1.807, 2.05) is 23.4 Å². The first-order chi connectivity index (χ1) is 13.7. The Hall–Kier alpha value is -2.70. The number of urea groups is 1. The van der Waals surface area contributed by atoms with E-state index < -0.39 is 0 Å². The molecule has 0 saturated carbocycles. The van der Waals surface area contributed by atoms with Crippen LogP contribution in [0.4, 0.5) is 10.5 Å². The van der Waals surface area contributed by atoms with Gasteiger partial charge >= 0.3 is 6.03 Å². The molecule has 1 atom stereocenters. The molecule has 0 spiro atoms. The molecule has 2 heterocycles. The minimum absolute atomic E-state index is 0.111. The van der Waals surface area contributed by atoms with Crippen molar-refractivity contribution in [2.45, 2.75) is 45.1 Å². The summed E-state index contributed by atoms with van der Waals surface area (Å²) in [5.74, 6) is 2.63. The van der Waals surface area contributed by atoms with Gasteiger partial charge in [0.15, 0.2) is 0 Å². The van der Waals surface area contributed by atoms with Crippen LogP contribution in [0.15, 0.2) is 30.6 Å². The van der Waals surface area contributed by atoms with Crippen molar-refractivity contribution < 1.29 is 14.3 Å². The van der Waals surface area contributed by atoms with Gasteiger partial charge in [-0.2, -0.15) is 0 Å². The maximum Gasteiger partial charge on any atom is 0.321 e. The molecule has 7 nitrogen and oxygen atoms in total. The van der Waals surface area contributed by atoms with E-state index in [-0.39, 0.29) is 11.9 Å². The summed E-state index contributed by atoms with van der Waals surface area (Å²) in [6.07, 6.45) is 8.23. The number of hydrogen-bond acceptors (Lipinski definition) is 4. The van der Waals surface area contributed by atoms with Crippen molar-refractivity contribution in [3.05, 3.63) is 36.4 Å². The third kappa shape index (κ3) is 4.58. The molecule has 7 heteroatoms. The number of carbonyl (C=O) groups is 1. The number of methoxy groups -OCH3 is 2. The maximum atomic E-state index is 12.9. The Morgan fingerprint density at radius 2 is 2.18 bits per heavy atom. The Morgan fingerprint density at radius 1 is 1.32 bits per heavy atom. The number of unbranched alkanes of at least 4 members (excludes halogenated alkanes) is 1. The zero-order valence-corrected chi connectivity index (χ0v) is 17.0. The second-order valence-corrected chi connectivity index (χ2v) is 7.11. The predicted octanol–water partition coefficient (Wildman–Crippen LogP) is 4.11. The van der Waals surface area contributed by atoms with Gasteiger partial charge in [0.2, 0.25) is 0 Å². The molecule has 28 heavy (non-hydrogen) atoms. The monoisotopic (exact) mass is 386 g/mol. The summed E-state index contributed by atoms with van der Waals surface area (Å²) >= 11 is 0. The van der Waals surface area contributed by atoms with Gasteiger partial charge in [-0.15, -0.1) is 0 Å². The second kappa shape index (κ2) is 9.48. The van der Waals surface area contributed by atoms with Gasteiger partial charge in [-0.25, -0.2) is 9.78 Å². The average Bonchev–Trinajstić information content (AvgIpc) is 3.21. The Bertz CT molecular complexity index is 790. The van der Waals surface area contributed by atoms with Crippen LogP contribution in [0.3, 0.4) is 0 Å². The fourth-order valence-corrected chi connectivity index (χ4v) is 3.67. The molecule has 0 unspecified atom stereocenters. The van der Waals surface area contributed by atoms with E-state index in [2.05, 4.69) is 21.8 Å². The fraction of sp³-hybridized carbons (Fsp3) is 0.524. The molecule has 152 valence electrons. The van der Waals surface area contributed by atoms with E-state index in [0.717, 1.165) is 44.6 Å². The summed E-state index contributed by atoms with van der Waals surface area (Å²) in [5.41, 5.74) is 0.639. The number of aryl methyl sites for hydroxylation is 1. The highest BCUT2D eigenvalue weighted by atomic mass is 16.5. The third-order valence-electron chi connectivity index (χ3n) is 5.22. The molecule has 1 aliphatic heterocycles. The molecular weight excluding hydrogens is 356 g/mol. The highest BCUT2D eigenvalue weighted by molar-refractivity contribution is 5.91. The zero-order chi connectivity index (χ0) is 19.9. The number of nitrogens with one attached hydrogen (secondary N) is 1. The van der Waals surface area contributed by atoms with Gasteiger partial charge in [0.25, 0.3) is 0 Å². The quantitative estimate of drug-likeness (QED) is 0.777. The highest BCUT2D eigenvalue weighted by Gasteiger charge is 2.27. The summed E-state index contributed by atoms with van der Waals surface area (Å²) in [7, 11) is 3.18. The lowest BCUT2D eigenvalue weighted by molar-refractivity contribution is 0.190. The molecule has 1 aliphatic rings. The van der Waals surface area contributed by atoms with Gasteiger partial charge in [-0.1, -0.05) is 13.3 Å². The van der Waals surface area contributed by atoms with Gasteiger partial charge in [0.1, 0.15) is 17.3 Å². The normalized spacial score (nSPS) is 16.7. The first-order valence-electron chi connectivity index (χ1n) is 9.95. The van der Waals surface area contributed by atoms with E-state index in [9.17, 15) is 4.79 Å². The Morgan fingerprint density at radius 3 is 2.93 bits per heavy atom. The zero-order valence-electron chi connectivity index (χ0n) is 17.0. The molecule has 1 aromatic carbocycles. The molecule has 3 rings (SSSR count). The maximum absolute atomic E-state index is 12.9. The number of rotatable bonds is 7. The van der Waals surface area contributed by atoms with Crippen LogP contribution < -0.4 is 14.8 Å². The third-order valence-corrected chi connectivity index (χ3v) is 5.22. The van der Waals surface area contributed by atoms with Gasteiger partial charge in [0.05, 0.1) is 19.9 Å². The number of anilines is 1. The van der Waals surface area contributed by atoms with Crippen LogP contribution in [0.1, 0.15) is 44.3 Å². The van der Waals surface area contributed by atoms with Crippen molar-refractivity contribution in [1.29, 1.82) is 0 Å². The first kappa shape index (κ1) is 20.0. The Labute approximate surface area is 166 Å². The van der Waals surface area contributed by atoms with Crippen LogP contribution >= 0.6 is 0 Å². The topological polar surface area (TPSA) is 68.6 Å². The number of nitrogens with zero attached hydrogens (tertiary/aromatic N) is 3. The number of carbonyl (C=O) groups excluding carboxylic acids is 1. The fourth-order valence-electron chi connectivity index (χ4n) is 3.67. The number of likely N-dealkylation sites (tertiary alicyclic amines) is 1. The van der Waals surface area contributed by atoms with Crippen molar-refractivity contribution >= 4 is 11.7 Å². The standard InChI is InChI=1S/C21H30N4O3/c1-4-5-11-24-13-10-22-20(24)16-7-6-12-25(15-16)21(26)23-18-9-8-17(27-2)14-19(18)28-3/h8-10,13-14,16H,4-7,11-12,15H2,1-3H3,(H,23,26)/t16-/m1/s1. The number of imidazole rings is 1. The number of amides is 2. The summed E-state index contributed by atoms with van der Waals surface area (Å²) < 4.78 is 12.8. The van der Waals surface area contributed by atoms with Crippen LogP contribution in [-0.2, 0) is 6.54 Å². The van der Waals surface area contributed by atoms with E-state index in [4.69, 9.17) is 9.47 Å². The molecule has 2 amide bonds. The lowest BCUT2D eigenvalue weighted by atomic mass is 9.97. The lowest BCUT2D eigenvalue weighted by Gasteiger charge is -2.32. The molecule has 1 aromatic heterocycles. The van der Waals surface area contributed by atoms with Crippen LogP contribution in [0, 0.1) is 0 Å². The minimum atomic E-state index is -0.111. The van der Waals surface area contributed by atoms with Gasteiger partial charge in [-0.05, 0) is 31.4 Å². The van der Waals surface area contributed by atoms with Gasteiger partial charge in [-0.3, -0.25) is 0 Å². The van der Waals surface area contributed by atoms with E-state index in [1.165, 1.54) is 0 Å². The molecule has 0 radical (unpaired) electrons. The highest BCUT2D eigenvalue weighted by Crippen LogP contribution is 2.30. The lowest BCUT2D eigenvalue weighted by Crippen LogP contribution is -2.42. The van der Waals surface area contributed by atoms with E-state index in [1.54, 1.807) is 26.4 Å². The van der Waals surface area contributed by atoms with Crippen LogP contribution in [0.5, 0.6) is 11.5 Å². The molecule has 2 aromatic rings.